The van der Waals surface area contributed by atoms with E-state index >= 15 is 0 Å². The summed E-state index contributed by atoms with van der Waals surface area (Å²) in [6.07, 6.45) is -1.73. The Morgan fingerprint density at radius 2 is 1.77 bits per heavy atom. The van der Waals surface area contributed by atoms with Crippen molar-refractivity contribution in [2.75, 3.05) is 24.3 Å². The first kappa shape index (κ1) is 24.0. The maximum Gasteiger partial charge on any atom is 0.418 e. The van der Waals surface area contributed by atoms with Crippen LogP contribution in [0.25, 0.3) is 0 Å². The lowest BCUT2D eigenvalue weighted by molar-refractivity contribution is -0.147. The number of benzene rings is 2. The highest BCUT2D eigenvalue weighted by Gasteiger charge is 2.47. The molecule has 0 saturated carbocycles. The van der Waals surface area contributed by atoms with E-state index in [1.54, 1.807) is 24.3 Å². The number of ether oxygens (including phenoxy) is 1. The number of amides is 2. The van der Waals surface area contributed by atoms with Crippen LogP contribution in [-0.2, 0) is 22.3 Å². The fourth-order valence-electron chi connectivity index (χ4n) is 3.49. The summed E-state index contributed by atoms with van der Waals surface area (Å²) in [5.41, 5.74) is 5.34. The number of carbonyl (C=O) groups is 2. The molecular weight excluding hydrogens is 463 g/mol. The van der Waals surface area contributed by atoms with Crippen LogP contribution in [0.3, 0.4) is 0 Å². The summed E-state index contributed by atoms with van der Waals surface area (Å²) < 4.78 is 44.7. The molecule has 11 heteroatoms. The van der Waals surface area contributed by atoms with E-state index in [1.807, 2.05) is 0 Å². The minimum absolute atomic E-state index is 0.0157. The minimum Gasteiger partial charge on any atom is -0.397 e. The topological polar surface area (TPSA) is 118 Å². The molecule has 2 heterocycles. The lowest BCUT2D eigenvalue weighted by Gasteiger charge is -2.40. The Labute approximate surface area is 198 Å². The molecule has 0 radical (unpaired) electrons. The zero-order chi connectivity index (χ0) is 25.1. The van der Waals surface area contributed by atoms with Crippen molar-refractivity contribution >= 4 is 28.9 Å². The third-order valence-corrected chi connectivity index (χ3v) is 5.42. The van der Waals surface area contributed by atoms with Crippen molar-refractivity contribution in [2.45, 2.75) is 18.3 Å². The molecule has 3 aromatic rings. The molecule has 1 aliphatic rings. The quantitative estimate of drug-likeness (QED) is 0.408. The smallest absolute Gasteiger partial charge is 0.397 e. The van der Waals surface area contributed by atoms with Crippen LogP contribution in [0.5, 0.6) is 0 Å². The van der Waals surface area contributed by atoms with Gasteiger partial charge in [0.05, 0.1) is 35.7 Å². The Balaban J connectivity index is 1.36. The van der Waals surface area contributed by atoms with Gasteiger partial charge in [0.15, 0.2) is 5.54 Å². The Morgan fingerprint density at radius 1 is 1.06 bits per heavy atom. The zero-order valence-electron chi connectivity index (χ0n) is 18.4. The van der Waals surface area contributed by atoms with E-state index < -0.39 is 29.1 Å². The van der Waals surface area contributed by atoms with E-state index in [9.17, 15) is 22.8 Å². The second-order valence-corrected chi connectivity index (χ2v) is 8.08. The van der Waals surface area contributed by atoms with E-state index in [1.165, 1.54) is 36.7 Å². The number of hydrogen-bond donors (Lipinski definition) is 4. The normalized spacial score (nSPS) is 14.5. The predicted octanol–water partition coefficient (Wildman–Crippen LogP) is 3.24. The second kappa shape index (κ2) is 9.63. The summed E-state index contributed by atoms with van der Waals surface area (Å²) >= 11 is 0. The van der Waals surface area contributed by atoms with E-state index in [0.717, 1.165) is 11.6 Å². The number of aromatic nitrogens is 1. The van der Waals surface area contributed by atoms with E-state index in [0.29, 0.717) is 11.4 Å². The van der Waals surface area contributed by atoms with Crippen molar-refractivity contribution in [1.29, 1.82) is 0 Å². The van der Waals surface area contributed by atoms with Crippen LogP contribution in [0.1, 0.15) is 21.5 Å². The molecule has 1 aromatic heterocycles. The van der Waals surface area contributed by atoms with Gasteiger partial charge in [-0.25, -0.2) is 0 Å². The van der Waals surface area contributed by atoms with Gasteiger partial charge in [-0.15, -0.1) is 0 Å². The summed E-state index contributed by atoms with van der Waals surface area (Å²) in [4.78, 5) is 29.2. The highest BCUT2D eigenvalue weighted by molar-refractivity contribution is 6.00. The molecule has 4 rings (SSSR count). The molecule has 8 nitrogen and oxygen atoms in total. The summed E-state index contributed by atoms with van der Waals surface area (Å²) in [5, 5.41) is 8.22. The lowest BCUT2D eigenvalue weighted by atomic mass is 9.95. The summed E-state index contributed by atoms with van der Waals surface area (Å²) in [6, 6.07) is 13.3. The van der Waals surface area contributed by atoms with Gasteiger partial charge in [-0.05, 0) is 35.9 Å². The summed E-state index contributed by atoms with van der Waals surface area (Å²) in [7, 11) is 0. The SMILES string of the molecule is Nc1cncc(C(=O)NC2(C(=O)NCc3ccc(Nc4ccccc4C(F)(F)F)cc3)COC2)c1. The number of halogens is 3. The van der Waals surface area contributed by atoms with Crippen molar-refractivity contribution in [3.05, 3.63) is 83.7 Å². The van der Waals surface area contributed by atoms with Crippen molar-refractivity contribution < 1.29 is 27.5 Å². The number of hydrogen-bond acceptors (Lipinski definition) is 6. The first-order chi connectivity index (χ1) is 16.7. The summed E-state index contributed by atoms with van der Waals surface area (Å²) in [5.74, 6) is -0.923. The fraction of sp³-hybridized carbons (Fsp3) is 0.208. The Hall–Kier alpha value is -4.12. The molecule has 0 unspecified atom stereocenters. The number of rotatable bonds is 7. The maximum atomic E-state index is 13.2. The average Bonchev–Trinajstić information content (AvgIpc) is 2.80. The number of alkyl halides is 3. The predicted molar refractivity (Wildman–Crippen MR) is 123 cm³/mol. The van der Waals surface area contributed by atoms with E-state index in [-0.39, 0.29) is 31.0 Å². The average molecular weight is 485 g/mol. The highest BCUT2D eigenvalue weighted by Crippen LogP contribution is 2.35. The van der Waals surface area contributed by atoms with Crippen LogP contribution in [0, 0.1) is 0 Å². The fourth-order valence-corrected chi connectivity index (χ4v) is 3.49. The van der Waals surface area contributed by atoms with Crippen molar-refractivity contribution in [2.24, 2.45) is 0 Å². The molecule has 2 amide bonds. The number of nitrogens with zero attached hydrogens (tertiary/aromatic N) is 1. The van der Waals surface area contributed by atoms with E-state index in [2.05, 4.69) is 20.9 Å². The molecule has 1 aliphatic heterocycles. The lowest BCUT2D eigenvalue weighted by Crippen LogP contribution is -2.69. The first-order valence-corrected chi connectivity index (χ1v) is 10.6. The Morgan fingerprint density at radius 3 is 2.40 bits per heavy atom. The highest BCUT2D eigenvalue weighted by atomic mass is 19.4. The number of nitrogen functional groups attached to an aromatic ring is 1. The standard InChI is InChI=1S/C24H22F3N5O3/c25-24(26,27)19-3-1-2-4-20(19)31-18-7-5-15(6-8-18)10-30-22(34)23(13-35-14-23)32-21(33)16-9-17(28)12-29-11-16/h1-9,11-12,31H,10,13-14,28H2,(H,30,34)(H,32,33). The molecule has 35 heavy (non-hydrogen) atoms. The van der Waals surface area contributed by atoms with Crippen LogP contribution >= 0.6 is 0 Å². The van der Waals surface area contributed by atoms with Crippen LogP contribution in [0.4, 0.5) is 30.2 Å². The first-order valence-electron chi connectivity index (χ1n) is 10.6. The molecule has 2 aromatic carbocycles. The number of pyridine rings is 1. The van der Waals surface area contributed by atoms with Crippen LogP contribution in [0.2, 0.25) is 0 Å². The van der Waals surface area contributed by atoms with Gasteiger partial charge in [0.1, 0.15) is 0 Å². The van der Waals surface area contributed by atoms with Crippen molar-refractivity contribution in [3.8, 4) is 0 Å². The third kappa shape index (κ3) is 5.52. The van der Waals surface area contributed by atoms with Gasteiger partial charge in [0.2, 0.25) is 0 Å². The number of para-hydroxylation sites is 1. The van der Waals surface area contributed by atoms with Gasteiger partial charge >= 0.3 is 6.18 Å². The van der Waals surface area contributed by atoms with Gasteiger partial charge in [0, 0.05) is 24.6 Å². The Kier molecular flexibility index (Phi) is 6.61. The van der Waals surface area contributed by atoms with E-state index in [4.69, 9.17) is 10.5 Å². The molecule has 1 saturated heterocycles. The molecule has 182 valence electrons. The van der Waals surface area contributed by atoms with Crippen LogP contribution in [0.15, 0.2) is 67.0 Å². The maximum absolute atomic E-state index is 13.2. The molecular formula is C24H22F3N5O3. The minimum atomic E-state index is -4.48. The van der Waals surface area contributed by atoms with Crippen LogP contribution in [-0.4, -0.2) is 35.6 Å². The van der Waals surface area contributed by atoms with Crippen LogP contribution < -0.4 is 21.7 Å². The largest absolute Gasteiger partial charge is 0.418 e. The number of anilines is 3. The monoisotopic (exact) mass is 485 g/mol. The second-order valence-electron chi connectivity index (χ2n) is 8.08. The van der Waals surface area contributed by atoms with Crippen molar-refractivity contribution in [3.63, 3.8) is 0 Å². The van der Waals surface area contributed by atoms with Gasteiger partial charge < -0.3 is 26.4 Å². The molecule has 0 atom stereocenters. The summed E-state index contributed by atoms with van der Waals surface area (Å²) in [6.45, 7) is 0.180. The zero-order valence-corrected chi connectivity index (χ0v) is 18.4. The third-order valence-electron chi connectivity index (χ3n) is 5.42. The number of carbonyl (C=O) groups excluding carboxylic acids is 2. The molecule has 0 aliphatic carbocycles. The van der Waals surface area contributed by atoms with Gasteiger partial charge in [0.25, 0.3) is 11.8 Å². The number of nitrogens with two attached hydrogens (primary N) is 1. The van der Waals surface area contributed by atoms with Gasteiger partial charge in [-0.1, -0.05) is 24.3 Å². The molecule has 0 bridgehead atoms. The Bertz CT molecular complexity index is 1230. The molecule has 1 fully saturated rings. The molecule has 5 N–H and O–H groups in total. The van der Waals surface area contributed by atoms with Gasteiger partial charge in [-0.3, -0.25) is 14.6 Å². The molecule has 0 spiro atoms. The number of nitrogens with one attached hydrogen (secondary N) is 3. The van der Waals surface area contributed by atoms with Gasteiger partial charge in [-0.2, -0.15) is 13.2 Å². The van der Waals surface area contributed by atoms with Crippen molar-refractivity contribution in [1.82, 2.24) is 15.6 Å².